The molecule has 0 saturated heterocycles. The van der Waals surface area contributed by atoms with E-state index in [1.807, 2.05) is 66.7 Å². The number of hydrogen-bond donors (Lipinski definition) is 0. The number of carbonyl (C=O) groups excluding carboxylic acids is 1. The van der Waals surface area contributed by atoms with Gasteiger partial charge in [0.05, 0.1) is 6.21 Å². The van der Waals surface area contributed by atoms with Crippen LogP contribution in [-0.2, 0) is 4.79 Å². The molecule has 29 heavy (non-hydrogen) atoms. The maximum absolute atomic E-state index is 13.0. The number of carbonyl (C=O) groups is 1. The van der Waals surface area contributed by atoms with E-state index >= 15 is 0 Å². The van der Waals surface area contributed by atoms with Gasteiger partial charge in [0.25, 0.3) is 5.91 Å². The van der Waals surface area contributed by atoms with Crippen LogP contribution in [0.4, 0.5) is 0 Å². The molecule has 1 aliphatic heterocycles. The highest BCUT2D eigenvalue weighted by molar-refractivity contribution is 9.10. The summed E-state index contributed by atoms with van der Waals surface area (Å²) in [4.78, 5) is 17.6. The summed E-state index contributed by atoms with van der Waals surface area (Å²) in [5.74, 6) is 0.205. The van der Waals surface area contributed by atoms with Gasteiger partial charge in [-0.05, 0) is 41.5 Å². The van der Waals surface area contributed by atoms with Gasteiger partial charge in [-0.2, -0.15) is 10.1 Å². The Hall–Kier alpha value is -3.02. The molecular weight excluding hydrogens is 450 g/mol. The van der Waals surface area contributed by atoms with Crippen molar-refractivity contribution in [2.75, 3.05) is 0 Å². The number of amides is 1. The lowest BCUT2D eigenvalue weighted by atomic mass is 10.2. The van der Waals surface area contributed by atoms with E-state index in [9.17, 15) is 4.79 Å². The van der Waals surface area contributed by atoms with Gasteiger partial charge < -0.3 is 0 Å². The second-order valence-electron chi connectivity index (χ2n) is 6.30. The van der Waals surface area contributed by atoms with Gasteiger partial charge in [-0.25, -0.2) is 4.99 Å². The molecule has 4 nitrogen and oxygen atoms in total. The molecule has 0 bridgehead atoms. The van der Waals surface area contributed by atoms with Crippen LogP contribution < -0.4 is 0 Å². The minimum atomic E-state index is -0.285. The van der Waals surface area contributed by atoms with E-state index in [2.05, 4.69) is 26.0 Å². The molecule has 0 aliphatic carbocycles. The first kappa shape index (κ1) is 19.3. The van der Waals surface area contributed by atoms with Crippen molar-refractivity contribution < 1.29 is 4.79 Å². The predicted octanol–water partition coefficient (Wildman–Crippen LogP) is 5.77. The Morgan fingerprint density at radius 3 is 2.24 bits per heavy atom. The molecule has 1 aliphatic rings. The van der Waals surface area contributed by atoms with E-state index in [0.29, 0.717) is 16.6 Å². The van der Waals surface area contributed by atoms with Crippen molar-refractivity contribution in [1.82, 2.24) is 5.01 Å². The smallest absolute Gasteiger partial charge is 0.265 e. The number of hydrazone groups is 1. The van der Waals surface area contributed by atoms with Crippen LogP contribution in [0.25, 0.3) is 6.08 Å². The summed E-state index contributed by atoms with van der Waals surface area (Å²) in [6.07, 6.45) is 3.38. The first-order chi connectivity index (χ1) is 14.1. The molecule has 0 aromatic heterocycles. The van der Waals surface area contributed by atoms with Crippen LogP contribution in [-0.4, -0.2) is 23.0 Å². The summed E-state index contributed by atoms with van der Waals surface area (Å²) in [5, 5.41) is 6.39. The quantitative estimate of drug-likeness (QED) is 0.357. The average molecular weight is 465 g/mol. The summed E-state index contributed by atoms with van der Waals surface area (Å²) < 4.78 is 0.978. The lowest BCUT2D eigenvalue weighted by Crippen LogP contribution is -2.27. The van der Waals surface area contributed by atoms with E-state index in [4.69, 9.17) is 11.6 Å². The van der Waals surface area contributed by atoms with Gasteiger partial charge in [-0.15, -0.1) is 0 Å². The topological polar surface area (TPSA) is 45.0 Å². The van der Waals surface area contributed by atoms with Crippen LogP contribution in [0.5, 0.6) is 0 Å². The average Bonchev–Trinajstić information content (AvgIpc) is 3.05. The Kier molecular flexibility index (Phi) is 5.69. The maximum Gasteiger partial charge on any atom is 0.298 e. The van der Waals surface area contributed by atoms with E-state index in [1.165, 1.54) is 5.01 Å². The van der Waals surface area contributed by atoms with Crippen LogP contribution in [0.1, 0.15) is 16.7 Å². The van der Waals surface area contributed by atoms with Gasteiger partial charge >= 0.3 is 0 Å². The molecule has 1 heterocycles. The molecule has 0 saturated carbocycles. The number of benzene rings is 3. The lowest BCUT2D eigenvalue weighted by Gasteiger charge is -2.11. The van der Waals surface area contributed by atoms with Crippen LogP contribution in [0.15, 0.2) is 99.1 Å². The molecule has 0 N–H and O–H groups in total. The zero-order chi connectivity index (χ0) is 20.2. The third kappa shape index (κ3) is 4.53. The SMILES string of the molecule is O=C1/C(=C\c2ccc(Cl)cc2)N=C(c2ccccc2)N1/N=C/c1ccc(Br)cc1. The summed E-state index contributed by atoms with van der Waals surface area (Å²) >= 11 is 9.36. The van der Waals surface area contributed by atoms with Crippen molar-refractivity contribution in [3.63, 3.8) is 0 Å². The number of aliphatic imine (C=N–C) groups is 1. The van der Waals surface area contributed by atoms with Crippen molar-refractivity contribution in [3.8, 4) is 0 Å². The van der Waals surface area contributed by atoms with Gasteiger partial charge in [-0.1, -0.05) is 82.1 Å². The Balaban J connectivity index is 1.71. The van der Waals surface area contributed by atoms with Crippen molar-refractivity contribution in [2.24, 2.45) is 10.1 Å². The van der Waals surface area contributed by atoms with Gasteiger partial charge in [-0.3, -0.25) is 4.79 Å². The van der Waals surface area contributed by atoms with Crippen LogP contribution in [0.3, 0.4) is 0 Å². The van der Waals surface area contributed by atoms with Crippen LogP contribution in [0.2, 0.25) is 5.02 Å². The minimum absolute atomic E-state index is 0.285. The minimum Gasteiger partial charge on any atom is -0.265 e. The maximum atomic E-state index is 13.0. The molecule has 0 atom stereocenters. The fourth-order valence-electron chi connectivity index (χ4n) is 2.78. The number of halogens is 2. The first-order valence-electron chi connectivity index (χ1n) is 8.85. The third-order valence-electron chi connectivity index (χ3n) is 4.24. The second-order valence-corrected chi connectivity index (χ2v) is 7.65. The normalized spacial score (nSPS) is 15.4. The van der Waals surface area contributed by atoms with Crippen molar-refractivity contribution >= 4 is 51.6 Å². The highest BCUT2D eigenvalue weighted by Crippen LogP contribution is 2.23. The monoisotopic (exact) mass is 463 g/mol. The van der Waals surface area contributed by atoms with Gasteiger partial charge in [0, 0.05) is 15.1 Å². The molecule has 0 spiro atoms. The fraction of sp³-hybridized carbons (Fsp3) is 0. The molecule has 142 valence electrons. The number of nitrogens with zero attached hydrogens (tertiary/aromatic N) is 3. The van der Waals surface area contributed by atoms with E-state index in [1.54, 1.807) is 24.4 Å². The Labute approximate surface area is 182 Å². The standard InChI is InChI=1S/C23H15BrClN3O/c24-19-10-6-17(7-11-19)15-26-28-22(18-4-2-1-3-5-18)27-21(23(28)29)14-16-8-12-20(25)13-9-16/h1-15H/b21-14+,26-15+. The molecule has 3 aromatic rings. The summed E-state index contributed by atoms with van der Waals surface area (Å²) in [7, 11) is 0. The van der Waals surface area contributed by atoms with E-state index < -0.39 is 0 Å². The van der Waals surface area contributed by atoms with Crippen molar-refractivity contribution in [2.45, 2.75) is 0 Å². The highest BCUT2D eigenvalue weighted by Gasteiger charge is 2.31. The summed E-state index contributed by atoms with van der Waals surface area (Å²) in [5.41, 5.74) is 2.85. The van der Waals surface area contributed by atoms with Crippen LogP contribution >= 0.6 is 27.5 Å². The molecule has 6 heteroatoms. The zero-order valence-electron chi connectivity index (χ0n) is 15.2. The molecule has 0 radical (unpaired) electrons. The van der Waals surface area contributed by atoms with Crippen molar-refractivity contribution in [1.29, 1.82) is 0 Å². The van der Waals surface area contributed by atoms with E-state index in [-0.39, 0.29) is 5.91 Å². The van der Waals surface area contributed by atoms with Crippen LogP contribution in [0, 0.1) is 0 Å². The molecule has 0 unspecified atom stereocenters. The number of amidine groups is 1. The van der Waals surface area contributed by atoms with Gasteiger partial charge in [0.15, 0.2) is 5.84 Å². The largest absolute Gasteiger partial charge is 0.298 e. The number of hydrogen-bond acceptors (Lipinski definition) is 3. The number of rotatable bonds is 4. The Morgan fingerprint density at radius 2 is 1.55 bits per heavy atom. The first-order valence-corrected chi connectivity index (χ1v) is 10.0. The lowest BCUT2D eigenvalue weighted by molar-refractivity contribution is -0.122. The second kappa shape index (κ2) is 8.55. The van der Waals surface area contributed by atoms with E-state index in [0.717, 1.165) is 21.2 Å². The van der Waals surface area contributed by atoms with Gasteiger partial charge in [0.1, 0.15) is 5.70 Å². The molecule has 3 aromatic carbocycles. The predicted molar refractivity (Wildman–Crippen MR) is 121 cm³/mol. The van der Waals surface area contributed by atoms with Crippen molar-refractivity contribution in [3.05, 3.63) is 111 Å². The Bertz CT molecular complexity index is 1120. The summed E-state index contributed by atoms with van der Waals surface area (Å²) in [6.45, 7) is 0. The molecular formula is C23H15BrClN3O. The zero-order valence-corrected chi connectivity index (χ0v) is 17.5. The van der Waals surface area contributed by atoms with Gasteiger partial charge in [0.2, 0.25) is 0 Å². The third-order valence-corrected chi connectivity index (χ3v) is 5.02. The highest BCUT2D eigenvalue weighted by atomic mass is 79.9. The molecule has 0 fully saturated rings. The Morgan fingerprint density at radius 1 is 0.897 bits per heavy atom. The molecule has 4 rings (SSSR count). The summed E-state index contributed by atoms with van der Waals surface area (Å²) in [6, 6.07) is 24.4. The molecule has 1 amide bonds. The fourth-order valence-corrected chi connectivity index (χ4v) is 3.17.